The minimum atomic E-state index is -0.380. The zero-order chi connectivity index (χ0) is 22.7. The van der Waals surface area contributed by atoms with E-state index in [1.54, 1.807) is 64.4 Å². The van der Waals surface area contributed by atoms with Crippen LogP contribution in [0.15, 0.2) is 61.1 Å². The lowest BCUT2D eigenvalue weighted by Gasteiger charge is -2.08. The number of hydrogen-bond acceptors (Lipinski definition) is 3. The summed E-state index contributed by atoms with van der Waals surface area (Å²) in [7, 11) is 0. The number of aromatic nitrogens is 4. The number of anilines is 2. The Morgan fingerprint density at radius 2 is 1.56 bits per heavy atom. The summed E-state index contributed by atoms with van der Waals surface area (Å²) in [5, 5.41) is 16.5. The molecule has 4 aromatic rings. The Morgan fingerprint density at radius 3 is 2.28 bits per heavy atom. The average Bonchev–Trinajstić information content (AvgIpc) is 3.37. The zero-order valence-electron chi connectivity index (χ0n) is 16.4. The molecule has 0 unspecified atom stereocenters. The Kier molecular flexibility index (Phi) is 6.95. The summed E-state index contributed by atoms with van der Waals surface area (Å²) in [6.45, 7) is 0.619. The van der Waals surface area contributed by atoms with E-state index in [2.05, 4.69) is 20.8 Å². The van der Waals surface area contributed by atoms with Gasteiger partial charge in [-0.2, -0.15) is 10.2 Å². The minimum Gasteiger partial charge on any atom is -0.330 e. The van der Waals surface area contributed by atoms with E-state index in [1.807, 2.05) is 0 Å². The summed E-state index contributed by atoms with van der Waals surface area (Å²) in [5.41, 5.74) is 1.84. The largest absolute Gasteiger partial charge is 0.330 e. The molecule has 0 fully saturated rings. The molecule has 0 saturated heterocycles. The highest BCUT2D eigenvalue weighted by Gasteiger charge is 2.11. The fourth-order valence-corrected chi connectivity index (χ4v) is 3.96. The highest BCUT2D eigenvalue weighted by Crippen LogP contribution is 2.25. The van der Waals surface area contributed by atoms with Crippen molar-refractivity contribution in [2.45, 2.75) is 13.1 Å². The van der Waals surface area contributed by atoms with Crippen molar-refractivity contribution < 1.29 is 4.39 Å². The van der Waals surface area contributed by atoms with Crippen LogP contribution in [-0.2, 0) is 13.1 Å². The average molecular weight is 510 g/mol. The fraction of sp³-hybridized carbons (Fsp3) is 0.0952. The lowest BCUT2D eigenvalue weighted by molar-refractivity contribution is 0.586. The first kappa shape index (κ1) is 22.5. The van der Waals surface area contributed by atoms with E-state index in [9.17, 15) is 4.39 Å². The molecule has 6 nitrogen and oxygen atoms in total. The van der Waals surface area contributed by atoms with Gasteiger partial charge in [-0.25, -0.2) is 4.39 Å². The van der Waals surface area contributed by atoms with Gasteiger partial charge in [0.1, 0.15) is 5.82 Å². The highest BCUT2D eigenvalue weighted by molar-refractivity contribution is 7.80. The van der Waals surface area contributed by atoms with Crippen LogP contribution >= 0.6 is 47.0 Å². The molecule has 2 aromatic carbocycles. The van der Waals surface area contributed by atoms with E-state index in [1.165, 1.54) is 6.07 Å². The molecule has 0 atom stereocenters. The molecule has 2 aromatic heterocycles. The van der Waals surface area contributed by atoms with E-state index < -0.39 is 0 Å². The van der Waals surface area contributed by atoms with Gasteiger partial charge in [-0.05, 0) is 36.5 Å². The number of benzene rings is 2. The molecular formula is C21H16Cl3FN6S. The SMILES string of the molecule is Fc1cccc(Cl)c1Cn1ccc(NC(=S)Nc2cnn(Cc3c(Cl)cccc3Cl)c2)n1. The van der Waals surface area contributed by atoms with Crippen LogP contribution in [0.3, 0.4) is 0 Å². The van der Waals surface area contributed by atoms with Crippen molar-refractivity contribution in [2.75, 3.05) is 10.6 Å². The third-order valence-corrected chi connectivity index (χ3v) is 5.80. The number of nitrogens with one attached hydrogen (secondary N) is 2. The topological polar surface area (TPSA) is 59.7 Å². The monoisotopic (exact) mass is 508 g/mol. The van der Waals surface area contributed by atoms with Crippen LogP contribution in [0, 0.1) is 5.82 Å². The van der Waals surface area contributed by atoms with E-state index in [0.29, 0.717) is 43.8 Å². The second-order valence-corrected chi connectivity index (χ2v) is 8.43. The van der Waals surface area contributed by atoms with Gasteiger partial charge in [-0.15, -0.1) is 0 Å². The molecule has 0 bridgehead atoms. The standard InChI is InChI=1S/C21H16Cl3FN6S/c22-16-3-1-4-17(23)14(16)11-31-10-13(9-26-31)27-21(32)28-20-7-8-30(29-20)12-15-18(24)5-2-6-19(15)25/h1-10H,11-12H2,(H2,27,28,29,32). The van der Waals surface area contributed by atoms with Crippen LogP contribution in [0.1, 0.15) is 11.1 Å². The molecule has 0 radical (unpaired) electrons. The third-order valence-electron chi connectivity index (χ3n) is 4.54. The second-order valence-electron chi connectivity index (χ2n) is 6.80. The molecule has 0 spiro atoms. The minimum absolute atomic E-state index is 0.199. The van der Waals surface area contributed by atoms with Gasteiger partial charge in [0.2, 0.25) is 0 Å². The first-order valence-corrected chi connectivity index (χ1v) is 10.9. The van der Waals surface area contributed by atoms with E-state index >= 15 is 0 Å². The first-order chi connectivity index (χ1) is 15.4. The van der Waals surface area contributed by atoms with Crippen LogP contribution in [0.2, 0.25) is 15.1 Å². The molecule has 0 aliphatic rings. The number of halogens is 4. The maximum atomic E-state index is 14.0. The van der Waals surface area contributed by atoms with Crippen molar-refractivity contribution in [3.8, 4) is 0 Å². The van der Waals surface area contributed by atoms with Gasteiger partial charge in [0, 0.05) is 44.7 Å². The lowest BCUT2D eigenvalue weighted by atomic mass is 10.2. The Morgan fingerprint density at radius 1 is 0.906 bits per heavy atom. The van der Waals surface area contributed by atoms with E-state index in [-0.39, 0.29) is 12.4 Å². The molecule has 0 saturated carbocycles. The summed E-state index contributed by atoms with van der Waals surface area (Å²) >= 11 is 23.9. The zero-order valence-corrected chi connectivity index (χ0v) is 19.5. The van der Waals surface area contributed by atoms with Gasteiger partial charge in [-0.1, -0.05) is 46.9 Å². The highest BCUT2D eigenvalue weighted by atomic mass is 35.5. The van der Waals surface area contributed by atoms with E-state index in [0.717, 1.165) is 5.56 Å². The molecule has 32 heavy (non-hydrogen) atoms. The van der Waals surface area contributed by atoms with Crippen molar-refractivity contribution in [1.29, 1.82) is 0 Å². The lowest BCUT2D eigenvalue weighted by Crippen LogP contribution is -2.19. The molecule has 4 rings (SSSR count). The molecule has 164 valence electrons. The van der Waals surface area contributed by atoms with Crippen molar-refractivity contribution in [2.24, 2.45) is 0 Å². The smallest absolute Gasteiger partial charge is 0.176 e. The van der Waals surface area contributed by atoms with Crippen molar-refractivity contribution in [3.63, 3.8) is 0 Å². The second kappa shape index (κ2) is 9.87. The fourth-order valence-electron chi connectivity index (χ4n) is 3.00. The summed E-state index contributed by atoms with van der Waals surface area (Å²) < 4.78 is 17.3. The van der Waals surface area contributed by atoms with Gasteiger partial charge >= 0.3 is 0 Å². The van der Waals surface area contributed by atoms with Crippen LogP contribution in [0.5, 0.6) is 0 Å². The summed E-state index contributed by atoms with van der Waals surface area (Å²) in [5.74, 6) is 0.125. The number of nitrogens with zero attached hydrogens (tertiary/aromatic N) is 4. The number of thiocarbonyl (C=S) groups is 1. The van der Waals surface area contributed by atoms with Crippen LogP contribution in [-0.4, -0.2) is 24.7 Å². The van der Waals surface area contributed by atoms with E-state index in [4.69, 9.17) is 47.0 Å². The Hall–Kier alpha value is -2.65. The number of hydrogen-bond donors (Lipinski definition) is 2. The molecule has 2 N–H and O–H groups in total. The molecular weight excluding hydrogens is 494 g/mol. The molecule has 11 heteroatoms. The molecule has 2 heterocycles. The molecule has 0 amide bonds. The van der Waals surface area contributed by atoms with Gasteiger partial charge in [0.15, 0.2) is 10.9 Å². The van der Waals surface area contributed by atoms with Crippen LogP contribution < -0.4 is 10.6 Å². The van der Waals surface area contributed by atoms with Crippen LogP contribution in [0.25, 0.3) is 0 Å². The Balaban J connectivity index is 1.36. The maximum Gasteiger partial charge on any atom is 0.176 e. The van der Waals surface area contributed by atoms with Gasteiger partial charge < -0.3 is 10.6 Å². The maximum absolute atomic E-state index is 14.0. The summed E-state index contributed by atoms with van der Waals surface area (Å²) in [6, 6.07) is 11.6. The van der Waals surface area contributed by atoms with Gasteiger partial charge in [0.25, 0.3) is 0 Å². The van der Waals surface area contributed by atoms with Gasteiger partial charge in [0.05, 0.1) is 25.0 Å². The normalized spacial score (nSPS) is 10.9. The number of rotatable bonds is 6. The Labute approximate surface area is 203 Å². The third kappa shape index (κ3) is 5.39. The van der Waals surface area contributed by atoms with Crippen molar-refractivity contribution in [1.82, 2.24) is 19.6 Å². The predicted octanol–water partition coefficient (Wildman–Crippen LogP) is 6.08. The van der Waals surface area contributed by atoms with Crippen LogP contribution in [0.4, 0.5) is 15.9 Å². The quantitative estimate of drug-likeness (QED) is 0.308. The predicted molar refractivity (Wildman–Crippen MR) is 130 cm³/mol. The first-order valence-electron chi connectivity index (χ1n) is 9.39. The van der Waals surface area contributed by atoms with Gasteiger partial charge in [-0.3, -0.25) is 9.36 Å². The van der Waals surface area contributed by atoms with Crippen molar-refractivity contribution >= 4 is 63.6 Å². The summed E-state index contributed by atoms with van der Waals surface area (Å²) in [4.78, 5) is 0. The van der Waals surface area contributed by atoms with Crippen molar-refractivity contribution in [3.05, 3.63) is 93.1 Å². The molecule has 0 aliphatic heterocycles. The summed E-state index contributed by atoms with van der Waals surface area (Å²) in [6.07, 6.45) is 5.13. The molecule has 0 aliphatic carbocycles. The Bertz CT molecular complexity index is 1140.